The Morgan fingerprint density at radius 3 is 2.46 bits per heavy atom. The Kier molecular flexibility index (Phi) is 5.70. The van der Waals surface area contributed by atoms with Crippen molar-refractivity contribution in [3.63, 3.8) is 0 Å². The summed E-state index contributed by atoms with van der Waals surface area (Å²) in [5, 5.41) is 2.69. The Balaban J connectivity index is 1.87. The lowest BCUT2D eigenvalue weighted by Crippen LogP contribution is -2.24. The molecule has 0 aliphatic rings. The van der Waals surface area contributed by atoms with Crippen molar-refractivity contribution >= 4 is 26.7 Å². The van der Waals surface area contributed by atoms with Crippen LogP contribution >= 0.6 is 15.9 Å². The molecule has 3 aromatic rings. The average molecular weight is 382 g/mol. The third kappa shape index (κ3) is 4.06. The molecule has 0 saturated carbocycles. The molecule has 24 heavy (non-hydrogen) atoms. The Morgan fingerprint density at radius 2 is 1.62 bits per heavy atom. The van der Waals surface area contributed by atoms with Crippen LogP contribution in [-0.2, 0) is 13.1 Å². The number of hydrogen-bond acceptors (Lipinski definition) is 1. The van der Waals surface area contributed by atoms with Gasteiger partial charge in [-0.25, -0.2) is 0 Å². The maximum Gasteiger partial charge on any atom is 0.0243 e. The van der Waals surface area contributed by atoms with Crippen LogP contribution in [0.1, 0.15) is 30.0 Å². The van der Waals surface area contributed by atoms with Crippen molar-refractivity contribution in [1.29, 1.82) is 0 Å². The van der Waals surface area contributed by atoms with E-state index in [4.69, 9.17) is 0 Å². The smallest absolute Gasteiger partial charge is 0.0243 e. The first-order chi connectivity index (χ1) is 11.7. The van der Waals surface area contributed by atoms with Gasteiger partial charge in [0.2, 0.25) is 0 Å². The van der Waals surface area contributed by atoms with Crippen LogP contribution in [0.25, 0.3) is 10.8 Å². The topological polar surface area (TPSA) is 3.24 Å². The Hall–Kier alpha value is -1.64. The second kappa shape index (κ2) is 7.96. The van der Waals surface area contributed by atoms with Gasteiger partial charge in [0.25, 0.3) is 0 Å². The number of fused-ring (bicyclic) bond motifs is 1. The molecule has 0 fully saturated rings. The lowest BCUT2D eigenvalue weighted by atomic mass is 10.0. The van der Waals surface area contributed by atoms with Gasteiger partial charge in [0, 0.05) is 17.6 Å². The number of nitrogens with zero attached hydrogens (tertiary/aromatic N) is 1. The summed E-state index contributed by atoms with van der Waals surface area (Å²) in [6.07, 6.45) is 1.16. The molecule has 0 radical (unpaired) electrons. The van der Waals surface area contributed by atoms with Crippen molar-refractivity contribution < 1.29 is 0 Å². The van der Waals surface area contributed by atoms with Crippen LogP contribution in [0.15, 0.2) is 65.1 Å². The number of aryl methyl sites for hydroxylation is 1. The third-order valence-corrected chi connectivity index (χ3v) is 5.01. The van der Waals surface area contributed by atoms with E-state index in [9.17, 15) is 0 Å². The van der Waals surface area contributed by atoms with E-state index < -0.39 is 0 Å². The van der Waals surface area contributed by atoms with Crippen LogP contribution in [0.4, 0.5) is 0 Å². The Labute approximate surface area is 153 Å². The first kappa shape index (κ1) is 17.2. The van der Waals surface area contributed by atoms with E-state index in [-0.39, 0.29) is 0 Å². The highest BCUT2D eigenvalue weighted by atomic mass is 79.9. The van der Waals surface area contributed by atoms with E-state index in [1.165, 1.54) is 27.5 Å². The zero-order valence-corrected chi connectivity index (χ0v) is 16.0. The molecule has 124 valence electrons. The van der Waals surface area contributed by atoms with Gasteiger partial charge in [-0.3, -0.25) is 4.90 Å². The van der Waals surface area contributed by atoms with E-state index in [1.54, 1.807) is 0 Å². The molecule has 0 N–H and O–H groups in total. The fraction of sp³-hybridized carbons (Fsp3) is 0.273. The van der Waals surface area contributed by atoms with Gasteiger partial charge in [-0.15, -0.1) is 0 Å². The molecule has 0 unspecified atom stereocenters. The highest BCUT2D eigenvalue weighted by Gasteiger charge is 2.10. The molecular weight excluding hydrogens is 358 g/mol. The standard InChI is InChI=1S/C22H24BrN/c1-3-13-24(16-20-14-21(23)12-11-17(20)2)15-19-9-6-8-18-7-4-5-10-22(18)19/h4-12,14H,3,13,15-16H2,1-2H3. The van der Waals surface area contributed by atoms with Gasteiger partial charge in [0.05, 0.1) is 0 Å². The average Bonchev–Trinajstić information content (AvgIpc) is 2.59. The molecular formula is C22H24BrN. The molecule has 0 aliphatic carbocycles. The van der Waals surface area contributed by atoms with Crippen molar-refractivity contribution in [3.8, 4) is 0 Å². The fourth-order valence-corrected chi connectivity index (χ4v) is 3.66. The first-order valence-electron chi connectivity index (χ1n) is 8.61. The van der Waals surface area contributed by atoms with Gasteiger partial charge in [-0.1, -0.05) is 71.4 Å². The summed E-state index contributed by atoms with van der Waals surface area (Å²) >= 11 is 3.61. The predicted molar refractivity (Wildman–Crippen MR) is 107 cm³/mol. The third-order valence-electron chi connectivity index (χ3n) is 4.52. The number of halogens is 1. The van der Waals surface area contributed by atoms with Crippen LogP contribution < -0.4 is 0 Å². The molecule has 0 aliphatic heterocycles. The highest BCUT2D eigenvalue weighted by molar-refractivity contribution is 9.10. The normalized spacial score (nSPS) is 11.3. The number of rotatable bonds is 6. The molecule has 0 atom stereocenters. The van der Waals surface area contributed by atoms with Crippen molar-refractivity contribution in [2.24, 2.45) is 0 Å². The maximum atomic E-state index is 3.61. The van der Waals surface area contributed by atoms with Crippen LogP contribution in [0.2, 0.25) is 0 Å². The van der Waals surface area contributed by atoms with Crippen LogP contribution in [0.3, 0.4) is 0 Å². The SMILES string of the molecule is CCCN(Cc1cc(Br)ccc1C)Cc1cccc2ccccc12. The summed E-state index contributed by atoms with van der Waals surface area (Å²) in [4.78, 5) is 2.55. The van der Waals surface area contributed by atoms with Crippen LogP contribution in [0, 0.1) is 6.92 Å². The van der Waals surface area contributed by atoms with Crippen LogP contribution in [-0.4, -0.2) is 11.4 Å². The second-order valence-electron chi connectivity index (χ2n) is 6.42. The zero-order valence-electron chi connectivity index (χ0n) is 14.4. The molecule has 3 rings (SSSR count). The lowest BCUT2D eigenvalue weighted by molar-refractivity contribution is 0.257. The molecule has 0 spiro atoms. The zero-order chi connectivity index (χ0) is 16.9. The highest BCUT2D eigenvalue weighted by Crippen LogP contribution is 2.23. The minimum atomic E-state index is 0.987. The van der Waals surface area contributed by atoms with Gasteiger partial charge in [-0.2, -0.15) is 0 Å². The van der Waals surface area contributed by atoms with E-state index in [0.717, 1.165) is 30.5 Å². The summed E-state index contributed by atoms with van der Waals surface area (Å²) in [6, 6.07) is 21.9. The second-order valence-corrected chi connectivity index (χ2v) is 7.34. The molecule has 3 aromatic carbocycles. The van der Waals surface area contributed by atoms with Crippen molar-refractivity contribution in [2.75, 3.05) is 6.54 Å². The minimum absolute atomic E-state index is 0.987. The van der Waals surface area contributed by atoms with E-state index >= 15 is 0 Å². The summed E-state index contributed by atoms with van der Waals surface area (Å²) in [7, 11) is 0. The van der Waals surface area contributed by atoms with Crippen molar-refractivity contribution in [1.82, 2.24) is 4.90 Å². The molecule has 0 heterocycles. The lowest BCUT2D eigenvalue weighted by Gasteiger charge is -2.24. The van der Waals surface area contributed by atoms with E-state index in [2.05, 4.69) is 95.3 Å². The molecule has 0 aromatic heterocycles. The molecule has 0 bridgehead atoms. The predicted octanol–water partition coefficient (Wildman–Crippen LogP) is 6.32. The summed E-state index contributed by atoms with van der Waals surface area (Å²) in [6.45, 7) is 7.53. The van der Waals surface area contributed by atoms with E-state index in [0.29, 0.717) is 0 Å². The molecule has 1 nitrogen and oxygen atoms in total. The van der Waals surface area contributed by atoms with Crippen molar-refractivity contribution in [2.45, 2.75) is 33.4 Å². The van der Waals surface area contributed by atoms with Gasteiger partial charge in [0.1, 0.15) is 0 Å². The van der Waals surface area contributed by atoms with Gasteiger partial charge in [-0.05, 0) is 59.5 Å². The summed E-state index contributed by atoms with van der Waals surface area (Å²) in [5.74, 6) is 0. The van der Waals surface area contributed by atoms with Crippen molar-refractivity contribution in [3.05, 3.63) is 81.8 Å². The largest absolute Gasteiger partial charge is 0.295 e. The fourth-order valence-electron chi connectivity index (χ4n) is 3.25. The summed E-state index contributed by atoms with van der Waals surface area (Å²) < 4.78 is 1.16. The van der Waals surface area contributed by atoms with Gasteiger partial charge < -0.3 is 0 Å². The molecule has 2 heteroatoms. The number of benzene rings is 3. The summed E-state index contributed by atoms with van der Waals surface area (Å²) in [5.41, 5.74) is 4.17. The Bertz CT molecular complexity index is 820. The number of hydrogen-bond donors (Lipinski definition) is 0. The van der Waals surface area contributed by atoms with Gasteiger partial charge >= 0.3 is 0 Å². The molecule has 0 amide bonds. The first-order valence-corrected chi connectivity index (χ1v) is 9.40. The maximum absolute atomic E-state index is 3.61. The minimum Gasteiger partial charge on any atom is -0.295 e. The van der Waals surface area contributed by atoms with E-state index in [1.807, 2.05) is 0 Å². The monoisotopic (exact) mass is 381 g/mol. The Morgan fingerprint density at radius 1 is 0.875 bits per heavy atom. The van der Waals surface area contributed by atoms with Crippen LogP contribution in [0.5, 0.6) is 0 Å². The molecule has 0 saturated heterocycles. The quantitative estimate of drug-likeness (QED) is 0.482. The van der Waals surface area contributed by atoms with Gasteiger partial charge in [0.15, 0.2) is 0 Å².